The molecule has 13 heteroatoms. The van der Waals surface area contributed by atoms with Crippen LogP contribution in [0.25, 0.3) is 0 Å². The third-order valence-electron chi connectivity index (χ3n) is 3.09. The van der Waals surface area contributed by atoms with E-state index in [4.69, 9.17) is 33.5 Å². The molecule has 0 aliphatic heterocycles. The van der Waals surface area contributed by atoms with Crippen LogP contribution in [0.5, 0.6) is 0 Å². The number of halogens is 2. The Bertz CT molecular complexity index is 1120. The second kappa shape index (κ2) is 7.02. The Morgan fingerprint density at radius 2 is 1.54 bits per heavy atom. The molecule has 26 heavy (non-hydrogen) atoms. The number of benzene rings is 2. The molecule has 0 saturated heterocycles. The minimum atomic E-state index is -4.89. The van der Waals surface area contributed by atoms with Gasteiger partial charge in [-0.2, -0.15) is 16.8 Å². The molecule has 0 heterocycles. The summed E-state index contributed by atoms with van der Waals surface area (Å²) in [4.78, 5) is 10.6. The Kier molecular flexibility index (Phi) is 5.52. The molecule has 0 aromatic heterocycles. The minimum absolute atomic E-state index is 0.0612. The lowest BCUT2D eigenvalue weighted by atomic mass is 10.2. The van der Waals surface area contributed by atoms with E-state index in [1.165, 1.54) is 18.2 Å². The Morgan fingerprint density at radius 1 is 0.962 bits per heavy atom. The highest BCUT2D eigenvalue weighted by Gasteiger charge is 2.24. The van der Waals surface area contributed by atoms with Gasteiger partial charge in [0.05, 0.1) is 22.0 Å². The maximum absolute atomic E-state index is 12.3. The molecule has 0 aliphatic carbocycles. The topological polar surface area (TPSA) is 164 Å². The van der Waals surface area contributed by atoms with Gasteiger partial charge in [-0.25, -0.2) is 0 Å². The number of hydrogen-bond donors (Lipinski definition) is 4. The molecule has 0 saturated carbocycles. The first-order valence-electron chi connectivity index (χ1n) is 6.45. The smallest absolute Gasteiger partial charge is 0.296 e. The van der Waals surface area contributed by atoms with Gasteiger partial charge in [0.2, 0.25) is 0 Å². The lowest BCUT2D eigenvalue weighted by Crippen LogP contribution is -2.17. The number of nitrogens with two attached hydrogens (primary N) is 1. The molecule has 0 spiro atoms. The van der Waals surface area contributed by atoms with E-state index in [0.29, 0.717) is 12.1 Å². The fraction of sp³-hybridized carbons (Fsp3) is 0. The van der Waals surface area contributed by atoms with Gasteiger partial charge in [-0.05, 0) is 30.3 Å². The van der Waals surface area contributed by atoms with Crippen molar-refractivity contribution in [2.75, 3.05) is 11.1 Å². The SMILES string of the molecule is Nc1cc(S(=O)(=O)O)c(NC(=O)c2ccc(Cl)cc2Cl)cc1S(=O)(=O)O. The van der Waals surface area contributed by atoms with Crippen molar-refractivity contribution in [3.05, 3.63) is 45.9 Å². The molecule has 0 atom stereocenters. The quantitative estimate of drug-likeness (QED) is 0.415. The van der Waals surface area contributed by atoms with Crippen LogP contribution in [-0.2, 0) is 20.2 Å². The summed E-state index contributed by atoms with van der Waals surface area (Å²) in [6.07, 6.45) is 0. The third-order valence-corrected chi connectivity index (χ3v) is 5.44. The fourth-order valence-electron chi connectivity index (χ4n) is 1.97. The van der Waals surface area contributed by atoms with Crippen LogP contribution >= 0.6 is 23.2 Å². The van der Waals surface area contributed by atoms with Crippen molar-refractivity contribution in [2.24, 2.45) is 0 Å². The molecular weight excluding hydrogens is 431 g/mol. The average molecular weight is 441 g/mol. The molecule has 0 unspecified atom stereocenters. The number of carbonyl (C=O) groups excluding carboxylic acids is 1. The van der Waals surface area contributed by atoms with E-state index in [2.05, 4.69) is 5.32 Å². The van der Waals surface area contributed by atoms with Gasteiger partial charge in [0, 0.05) is 5.02 Å². The zero-order valence-electron chi connectivity index (χ0n) is 12.5. The number of nitrogens with one attached hydrogen (secondary N) is 1. The van der Waals surface area contributed by atoms with Gasteiger partial charge in [-0.15, -0.1) is 0 Å². The largest absolute Gasteiger partial charge is 0.398 e. The van der Waals surface area contributed by atoms with E-state index in [9.17, 15) is 26.2 Å². The number of rotatable bonds is 4. The normalized spacial score (nSPS) is 12.0. The highest BCUT2D eigenvalue weighted by Crippen LogP contribution is 2.31. The summed E-state index contributed by atoms with van der Waals surface area (Å²) in [5.41, 5.74) is 4.00. The zero-order chi connectivity index (χ0) is 19.9. The molecule has 0 aliphatic rings. The summed E-state index contributed by atoms with van der Waals surface area (Å²) < 4.78 is 64.1. The summed E-state index contributed by atoms with van der Waals surface area (Å²) in [6, 6.07) is 5.02. The van der Waals surface area contributed by atoms with Gasteiger partial charge in [-0.3, -0.25) is 13.9 Å². The standard InChI is InChI=1S/C13H10Cl2N2O7S2/c14-6-1-2-7(8(15)3-6)13(18)17-10-5-11(25(19,20)21)9(16)4-12(10)26(22,23)24/h1-5H,16H2,(H,17,18)(H,19,20,21)(H,22,23,24). The molecule has 0 radical (unpaired) electrons. The van der Waals surface area contributed by atoms with Crippen LogP contribution in [0.3, 0.4) is 0 Å². The van der Waals surface area contributed by atoms with E-state index < -0.39 is 47.3 Å². The molecular formula is C13H10Cl2N2O7S2. The van der Waals surface area contributed by atoms with Crippen LogP contribution in [0, 0.1) is 0 Å². The predicted molar refractivity (Wildman–Crippen MR) is 94.9 cm³/mol. The molecule has 0 fully saturated rings. The summed E-state index contributed by atoms with van der Waals surface area (Å²) in [7, 11) is -9.72. The van der Waals surface area contributed by atoms with Crippen LogP contribution in [0.4, 0.5) is 11.4 Å². The highest BCUT2D eigenvalue weighted by molar-refractivity contribution is 7.86. The Morgan fingerprint density at radius 3 is 2.04 bits per heavy atom. The summed E-state index contributed by atoms with van der Waals surface area (Å²) in [6.45, 7) is 0. The first kappa shape index (κ1) is 20.4. The van der Waals surface area contributed by atoms with Crippen LogP contribution < -0.4 is 11.1 Å². The molecule has 2 aromatic carbocycles. The molecule has 2 aromatic rings. The van der Waals surface area contributed by atoms with E-state index >= 15 is 0 Å². The van der Waals surface area contributed by atoms with E-state index in [1.54, 1.807) is 0 Å². The highest BCUT2D eigenvalue weighted by atomic mass is 35.5. The predicted octanol–water partition coefficient (Wildman–Crippen LogP) is 2.32. The van der Waals surface area contributed by atoms with Gasteiger partial charge >= 0.3 is 0 Å². The monoisotopic (exact) mass is 440 g/mol. The van der Waals surface area contributed by atoms with Crippen molar-refractivity contribution in [3.8, 4) is 0 Å². The molecule has 9 nitrogen and oxygen atoms in total. The summed E-state index contributed by atoms with van der Waals surface area (Å²) >= 11 is 11.6. The van der Waals surface area contributed by atoms with Crippen molar-refractivity contribution >= 4 is 60.7 Å². The van der Waals surface area contributed by atoms with Gasteiger partial charge in [0.1, 0.15) is 9.79 Å². The number of anilines is 2. The lowest BCUT2D eigenvalue weighted by molar-refractivity contribution is 0.102. The molecule has 140 valence electrons. The number of amides is 1. The van der Waals surface area contributed by atoms with Crippen molar-refractivity contribution in [3.63, 3.8) is 0 Å². The van der Waals surface area contributed by atoms with Crippen molar-refractivity contribution < 1.29 is 30.7 Å². The molecule has 1 amide bonds. The number of carbonyl (C=O) groups is 1. The Labute approximate surface area is 158 Å². The average Bonchev–Trinajstić information content (AvgIpc) is 2.46. The molecule has 0 bridgehead atoms. The summed E-state index contributed by atoms with van der Waals surface area (Å²) in [5.74, 6) is -0.928. The maximum atomic E-state index is 12.3. The molecule has 5 N–H and O–H groups in total. The fourth-order valence-corrected chi connectivity index (χ4v) is 3.76. The number of nitrogen functional groups attached to an aromatic ring is 1. The van der Waals surface area contributed by atoms with Gasteiger partial charge in [0.25, 0.3) is 26.1 Å². The maximum Gasteiger partial charge on any atom is 0.296 e. The Balaban J connectivity index is 2.61. The van der Waals surface area contributed by atoms with Crippen LogP contribution in [0.1, 0.15) is 10.4 Å². The van der Waals surface area contributed by atoms with Crippen LogP contribution in [0.2, 0.25) is 10.0 Å². The van der Waals surface area contributed by atoms with E-state index in [1.807, 2.05) is 0 Å². The lowest BCUT2D eigenvalue weighted by Gasteiger charge is -2.13. The summed E-state index contributed by atoms with van der Waals surface area (Å²) in [5, 5.41) is 2.28. The van der Waals surface area contributed by atoms with Gasteiger partial charge in [0.15, 0.2) is 0 Å². The van der Waals surface area contributed by atoms with Gasteiger partial charge in [-0.1, -0.05) is 23.2 Å². The van der Waals surface area contributed by atoms with Crippen molar-refractivity contribution in [1.82, 2.24) is 0 Å². The zero-order valence-corrected chi connectivity index (χ0v) is 15.6. The first-order valence-corrected chi connectivity index (χ1v) is 10.1. The minimum Gasteiger partial charge on any atom is -0.398 e. The van der Waals surface area contributed by atoms with Crippen LogP contribution in [0.15, 0.2) is 40.1 Å². The molecule has 2 rings (SSSR count). The van der Waals surface area contributed by atoms with E-state index in [0.717, 1.165) is 0 Å². The van der Waals surface area contributed by atoms with Crippen LogP contribution in [-0.4, -0.2) is 31.8 Å². The van der Waals surface area contributed by atoms with Crippen molar-refractivity contribution in [1.29, 1.82) is 0 Å². The number of hydrogen-bond acceptors (Lipinski definition) is 6. The van der Waals surface area contributed by atoms with Crippen molar-refractivity contribution in [2.45, 2.75) is 9.79 Å². The second-order valence-corrected chi connectivity index (χ2v) is 8.54. The van der Waals surface area contributed by atoms with E-state index in [-0.39, 0.29) is 15.6 Å². The first-order chi connectivity index (χ1) is 11.8. The van der Waals surface area contributed by atoms with Gasteiger partial charge < -0.3 is 11.1 Å². The second-order valence-electron chi connectivity index (χ2n) is 4.91. The third kappa shape index (κ3) is 4.44. The Hall–Kier alpha value is -1.89.